The number of hydrogen-bond acceptors (Lipinski definition) is 1. The van der Waals surface area contributed by atoms with Gasteiger partial charge in [0.25, 0.3) is 0 Å². The van der Waals surface area contributed by atoms with Crippen molar-refractivity contribution in [1.82, 2.24) is 5.32 Å². The molecule has 0 spiro atoms. The van der Waals surface area contributed by atoms with Crippen LogP contribution < -0.4 is 5.32 Å². The molecule has 1 aromatic rings. The smallest absolute Gasteiger partial charge is 0.124 e. The van der Waals surface area contributed by atoms with Gasteiger partial charge in [0.05, 0.1) is 0 Å². The Balaban J connectivity index is 2.04. The number of rotatable bonds is 5. The Kier molecular flexibility index (Phi) is 6.03. The Labute approximate surface area is 130 Å². The molecule has 0 saturated heterocycles. The predicted octanol–water partition coefficient (Wildman–Crippen LogP) is 4.94. The van der Waals surface area contributed by atoms with Crippen molar-refractivity contribution >= 4 is 15.9 Å². The lowest BCUT2D eigenvalue weighted by Crippen LogP contribution is -2.38. The van der Waals surface area contributed by atoms with Gasteiger partial charge in [-0.25, -0.2) is 4.39 Å². The number of likely N-dealkylation sites (N-methyl/N-ethyl adjacent to an activating group) is 1. The molecule has 3 atom stereocenters. The average Bonchev–Trinajstić information content (AvgIpc) is 2.46. The molecule has 1 aliphatic rings. The molecule has 3 unspecified atom stereocenters. The number of halogens is 2. The van der Waals surface area contributed by atoms with Crippen LogP contribution >= 0.6 is 15.9 Å². The van der Waals surface area contributed by atoms with E-state index in [1.54, 1.807) is 12.1 Å². The normalized spacial score (nSPS) is 24.6. The molecular weight excluding hydrogens is 317 g/mol. The monoisotopic (exact) mass is 341 g/mol. The molecule has 0 aliphatic heterocycles. The molecule has 20 heavy (non-hydrogen) atoms. The molecule has 0 heterocycles. The molecule has 0 radical (unpaired) electrons. The summed E-state index contributed by atoms with van der Waals surface area (Å²) < 4.78 is 14.1. The Hall–Kier alpha value is -0.410. The first-order chi connectivity index (χ1) is 9.63. The molecule has 112 valence electrons. The van der Waals surface area contributed by atoms with Crippen molar-refractivity contribution in [2.45, 2.75) is 51.5 Å². The third kappa shape index (κ3) is 4.05. The molecule has 1 aromatic carbocycles. The van der Waals surface area contributed by atoms with Crippen LogP contribution in [-0.2, 0) is 6.42 Å². The largest absolute Gasteiger partial charge is 0.316 e. The van der Waals surface area contributed by atoms with Crippen LogP contribution in [0.3, 0.4) is 0 Å². The molecule has 0 aromatic heterocycles. The third-order valence-corrected chi connectivity index (χ3v) is 5.53. The minimum absolute atomic E-state index is 0.176. The average molecular weight is 342 g/mol. The van der Waals surface area contributed by atoms with Crippen LogP contribution in [0, 0.1) is 17.7 Å². The molecule has 1 fully saturated rings. The predicted molar refractivity (Wildman–Crippen MR) is 86.4 cm³/mol. The van der Waals surface area contributed by atoms with Crippen molar-refractivity contribution < 1.29 is 4.39 Å². The van der Waals surface area contributed by atoms with E-state index in [2.05, 4.69) is 35.2 Å². The molecule has 0 amide bonds. The van der Waals surface area contributed by atoms with Gasteiger partial charge in [0, 0.05) is 10.5 Å². The quantitative estimate of drug-likeness (QED) is 0.800. The fraction of sp³-hybridized carbons (Fsp3) is 0.647. The van der Waals surface area contributed by atoms with E-state index in [4.69, 9.17) is 0 Å². The summed E-state index contributed by atoms with van der Waals surface area (Å²) in [5.74, 6) is 1.46. The summed E-state index contributed by atoms with van der Waals surface area (Å²) in [6.45, 7) is 2.30. The highest BCUT2D eigenvalue weighted by Gasteiger charge is 2.27. The van der Waals surface area contributed by atoms with Crippen molar-refractivity contribution in [2.75, 3.05) is 7.05 Å². The van der Waals surface area contributed by atoms with Crippen LogP contribution in [0.5, 0.6) is 0 Å². The summed E-state index contributed by atoms with van der Waals surface area (Å²) in [5, 5.41) is 3.49. The summed E-state index contributed by atoms with van der Waals surface area (Å²) >= 11 is 3.49. The standard InChI is InChI=1S/C17H25BrFN/c1-3-12-5-4-6-14(9-12)17(20-2)10-13-7-8-15(19)11-16(13)18/h7-8,11-12,14,17,20H,3-6,9-10H2,1-2H3. The fourth-order valence-electron chi connectivity index (χ4n) is 3.50. The van der Waals surface area contributed by atoms with Gasteiger partial charge in [-0.05, 0) is 55.8 Å². The van der Waals surface area contributed by atoms with Gasteiger partial charge < -0.3 is 5.32 Å². The fourth-order valence-corrected chi connectivity index (χ4v) is 4.01. The molecule has 2 rings (SSSR count). The summed E-state index contributed by atoms with van der Waals surface area (Å²) in [6.07, 6.45) is 7.67. The molecule has 3 heteroatoms. The van der Waals surface area contributed by atoms with E-state index in [1.807, 2.05) is 6.07 Å². The highest BCUT2D eigenvalue weighted by Crippen LogP contribution is 2.34. The van der Waals surface area contributed by atoms with Crippen molar-refractivity contribution in [3.8, 4) is 0 Å². The second-order valence-corrected chi connectivity index (χ2v) is 6.89. The second-order valence-electron chi connectivity index (χ2n) is 6.04. The topological polar surface area (TPSA) is 12.0 Å². The van der Waals surface area contributed by atoms with E-state index >= 15 is 0 Å². The molecular formula is C17H25BrFN. The molecule has 1 saturated carbocycles. The summed E-state index contributed by atoms with van der Waals surface area (Å²) in [4.78, 5) is 0. The Morgan fingerprint density at radius 3 is 2.85 bits per heavy atom. The first-order valence-electron chi connectivity index (χ1n) is 7.75. The van der Waals surface area contributed by atoms with E-state index in [0.29, 0.717) is 6.04 Å². The van der Waals surface area contributed by atoms with Crippen LogP contribution in [0.25, 0.3) is 0 Å². The van der Waals surface area contributed by atoms with E-state index in [0.717, 1.165) is 22.7 Å². The molecule has 1 N–H and O–H groups in total. The highest BCUT2D eigenvalue weighted by molar-refractivity contribution is 9.10. The van der Waals surface area contributed by atoms with Crippen LogP contribution in [0.1, 0.15) is 44.6 Å². The van der Waals surface area contributed by atoms with Crippen molar-refractivity contribution in [3.05, 3.63) is 34.1 Å². The Morgan fingerprint density at radius 1 is 1.40 bits per heavy atom. The first kappa shape index (κ1) is 16.0. The van der Waals surface area contributed by atoms with Gasteiger partial charge in [-0.3, -0.25) is 0 Å². The van der Waals surface area contributed by atoms with Crippen LogP contribution in [0.4, 0.5) is 4.39 Å². The maximum absolute atomic E-state index is 13.2. The van der Waals surface area contributed by atoms with Gasteiger partial charge in [-0.1, -0.05) is 48.2 Å². The maximum atomic E-state index is 13.2. The molecule has 0 bridgehead atoms. The minimum Gasteiger partial charge on any atom is -0.316 e. The maximum Gasteiger partial charge on any atom is 0.124 e. The zero-order valence-corrected chi connectivity index (χ0v) is 14.0. The van der Waals surface area contributed by atoms with E-state index < -0.39 is 0 Å². The number of benzene rings is 1. The van der Waals surface area contributed by atoms with Crippen molar-refractivity contribution in [2.24, 2.45) is 11.8 Å². The van der Waals surface area contributed by atoms with Crippen LogP contribution in [0.15, 0.2) is 22.7 Å². The number of hydrogen-bond donors (Lipinski definition) is 1. The zero-order valence-electron chi connectivity index (χ0n) is 12.5. The van der Waals surface area contributed by atoms with Gasteiger partial charge >= 0.3 is 0 Å². The Bertz CT molecular complexity index is 435. The van der Waals surface area contributed by atoms with E-state index in [-0.39, 0.29) is 5.82 Å². The Morgan fingerprint density at radius 2 is 2.20 bits per heavy atom. The van der Waals surface area contributed by atoms with Gasteiger partial charge in [0.2, 0.25) is 0 Å². The van der Waals surface area contributed by atoms with Crippen LogP contribution in [-0.4, -0.2) is 13.1 Å². The van der Waals surface area contributed by atoms with Crippen LogP contribution in [0.2, 0.25) is 0 Å². The van der Waals surface area contributed by atoms with Gasteiger partial charge in [0.1, 0.15) is 5.82 Å². The summed E-state index contributed by atoms with van der Waals surface area (Å²) in [7, 11) is 2.05. The SMILES string of the molecule is CCC1CCCC(C(Cc2ccc(F)cc2Br)NC)C1. The van der Waals surface area contributed by atoms with Gasteiger partial charge in [-0.15, -0.1) is 0 Å². The van der Waals surface area contributed by atoms with E-state index in [9.17, 15) is 4.39 Å². The van der Waals surface area contributed by atoms with Crippen molar-refractivity contribution in [3.63, 3.8) is 0 Å². The summed E-state index contributed by atoms with van der Waals surface area (Å²) in [5.41, 5.74) is 1.20. The molecule has 1 nitrogen and oxygen atoms in total. The van der Waals surface area contributed by atoms with E-state index in [1.165, 1.54) is 37.7 Å². The number of nitrogens with one attached hydrogen (secondary N) is 1. The zero-order chi connectivity index (χ0) is 14.5. The second kappa shape index (κ2) is 7.56. The first-order valence-corrected chi connectivity index (χ1v) is 8.54. The molecule has 1 aliphatic carbocycles. The van der Waals surface area contributed by atoms with Gasteiger partial charge in [0.15, 0.2) is 0 Å². The summed E-state index contributed by atoms with van der Waals surface area (Å²) in [6, 6.07) is 5.52. The van der Waals surface area contributed by atoms with Gasteiger partial charge in [-0.2, -0.15) is 0 Å². The third-order valence-electron chi connectivity index (χ3n) is 4.80. The highest BCUT2D eigenvalue weighted by atomic mass is 79.9. The lowest BCUT2D eigenvalue weighted by Gasteiger charge is -2.34. The minimum atomic E-state index is -0.176. The lowest BCUT2D eigenvalue weighted by molar-refractivity contribution is 0.212. The van der Waals surface area contributed by atoms with Crippen molar-refractivity contribution in [1.29, 1.82) is 0 Å². The lowest BCUT2D eigenvalue weighted by atomic mass is 9.75.